The molecule has 1 aliphatic heterocycles. The van der Waals surface area contributed by atoms with Gasteiger partial charge < -0.3 is 25.3 Å². The first kappa shape index (κ1) is 33.8. The van der Waals surface area contributed by atoms with Crippen molar-refractivity contribution in [3.05, 3.63) is 35.9 Å². The third kappa shape index (κ3) is 12.2. The molecule has 8 atom stereocenters. The zero-order valence-corrected chi connectivity index (χ0v) is 32.9. The van der Waals surface area contributed by atoms with Crippen LogP contribution in [-0.4, -0.2) is 64.5 Å². The van der Waals surface area contributed by atoms with E-state index in [2.05, 4.69) is 103 Å². The summed E-state index contributed by atoms with van der Waals surface area (Å²) >= 11 is 0. The Bertz CT molecular complexity index is 899. The molecule has 0 aromatic heterocycles. The third-order valence-corrected chi connectivity index (χ3v) is 28.0. The minimum atomic E-state index is -2.46. The van der Waals surface area contributed by atoms with Gasteiger partial charge in [0.25, 0.3) is 18.6 Å². The number of ether oxygens (including phenoxy) is 1. The lowest BCUT2D eigenvalue weighted by atomic mass is 9.88. The van der Waals surface area contributed by atoms with E-state index in [1.807, 2.05) is 0 Å². The summed E-state index contributed by atoms with van der Waals surface area (Å²) in [5.74, 6) is 1.12. The van der Waals surface area contributed by atoms with Crippen LogP contribution < -0.4 is 0 Å². The molecule has 1 saturated carbocycles. The van der Waals surface area contributed by atoms with Crippen molar-refractivity contribution in [2.45, 2.75) is 128 Å². The van der Waals surface area contributed by atoms with E-state index in [1.165, 1.54) is 31.2 Å². The number of hydrogen-bond donors (Lipinski definition) is 0. The minimum absolute atomic E-state index is 0.378. The largest absolute Gasteiger partial charge is 0.437 e. The summed E-state index contributed by atoms with van der Waals surface area (Å²) in [7, 11) is -12.3. The fourth-order valence-electron chi connectivity index (χ4n) is 6.24. The first-order chi connectivity index (χ1) is 17.9. The van der Waals surface area contributed by atoms with Crippen molar-refractivity contribution >= 4 is 52.3 Å². The molecule has 0 bridgehead atoms. The van der Waals surface area contributed by atoms with E-state index < -0.39 is 52.3 Å². The van der Waals surface area contributed by atoms with Crippen LogP contribution in [0.1, 0.15) is 44.1 Å². The van der Waals surface area contributed by atoms with Crippen LogP contribution in [0.2, 0.25) is 77.6 Å². The standard InChI is InChI=1S/C27H56O6Si6/c1-23(25-15-13-12-14-16-25)22-39(11,33-37(7,8)9)31-35(3)29-34(2)30-38(10,32-36(4,5)6)20-19-24-17-18-26-27(21-24)28-26/h12-16,23-24,26-27,34-35H,17-22H2,1-11H3. The molecule has 8 unspecified atom stereocenters. The summed E-state index contributed by atoms with van der Waals surface area (Å²) in [4.78, 5) is 0. The monoisotopic (exact) mass is 644 g/mol. The third-order valence-electron chi connectivity index (χ3n) is 7.42. The molecule has 0 spiro atoms. The molecule has 1 aromatic carbocycles. The Morgan fingerprint density at radius 1 is 0.821 bits per heavy atom. The van der Waals surface area contributed by atoms with Gasteiger partial charge in [-0.3, -0.25) is 0 Å². The van der Waals surface area contributed by atoms with Crippen molar-refractivity contribution in [2.75, 3.05) is 0 Å². The van der Waals surface area contributed by atoms with E-state index in [1.54, 1.807) is 0 Å². The summed E-state index contributed by atoms with van der Waals surface area (Å²) in [6, 6.07) is 12.7. The Hall–Kier alpha value is 0.281. The van der Waals surface area contributed by atoms with E-state index in [-0.39, 0.29) is 0 Å². The van der Waals surface area contributed by atoms with Crippen molar-refractivity contribution in [3.8, 4) is 0 Å². The quantitative estimate of drug-likeness (QED) is 0.139. The molecule has 12 heteroatoms. The predicted octanol–water partition coefficient (Wildman–Crippen LogP) is 7.35. The van der Waals surface area contributed by atoms with E-state index in [4.69, 9.17) is 25.3 Å². The van der Waals surface area contributed by atoms with Gasteiger partial charge in [-0.25, -0.2) is 0 Å². The average molecular weight is 645 g/mol. The minimum Gasteiger partial charge on any atom is -0.437 e. The summed E-state index contributed by atoms with van der Waals surface area (Å²) in [5.41, 5.74) is 1.34. The second-order valence-corrected chi connectivity index (χ2v) is 34.9. The van der Waals surface area contributed by atoms with Crippen LogP contribution in [0, 0.1) is 5.92 Å². The van der Waals surface area contributed by atoms with Gasteiger partial charge in [-0.05, 0) is 121 Å². The van der Waals surface area contributed by atoms with Gasteiger partial charge in [0.1, 0.15) is 0 Å². The molecular weight excluding hydrogens is 589 g/mol. The number of rotatable bonds is 16. The van der Waals surface area contributed by atoms with Crippen molar-refractivity contribution in [3.63, 3.8) is 0 Å². The maximum atomic E-state index is 6.86. The van der Waals surface area contributed by atoms with Crippen LogP contribution in [0.3, 0.4) is 0 Å². The Morgan fingerprint density at radius 3 is 1.95 bits per heavy atom. The van der Waals surface area contributed by atoms with Gasteiger partial charge in [0.2, 0.25) is 0 Å². The number of benzene rings is 1. The second kappa shape index (κ2) is 13.7. The van der Waals surface area contributed by atoms with Gasteiger partial charge in [0.05, 0.1) is 12.2 Å². The molecule has 6 nitrogen and oxygen atoms in total. The molecule has 0 radical (unpaired) electrons. The molecule has 1 heterocycles. The van der Waals surface area contributed by atoms with Gasteiger partial charge in [0.15, 0.2) is 16.6 Å². The highest BCUT2D eigenvalue weighted by molar-refractivity contribution is 6.86. The molecular formula is C27H56O6Si6. The fourth-order valence-corrected chi connectivity index (χ4v) is 31.0. The van der Waals surface area contributed by atoms with Crippen LogP contribution in [0.15, 0.2) is 30.3 Å². The maximum Gasteiger partial charge on any atom is 0.316 e. The maximum absolute atomic E-state index is 6.86. The van der Waals surface area contributed by atoms with Crippen molar-refractivity contribution in [1.82, 2.24) is 0 Å². The summed E-state index contributed by atoms with van der Waals surface area (Å²) < 4.78 is 39.7. The molecule has 1 aromatic rings. The smallest absolute Gasteiger partial charge is 0.316 e. The van der Waals surface area contributed by atoms with Gasteiger partial charge in [0, 0.05) is 0 Å². The molecule has 224 valence electrons. The van der Waals surface area contributed by atoms with Gasteiger partial charge >= 0.3 is 17.1 Å². The molecule has 1 aliphatic carbocycles. The number of fused-ring (bicyclic) bond motifs is 1. The normalized spacial score (nSPS) is 27.1. The number of hydrogen-bond acceptors (Lipinski definition) is 6. The molecule has 2 aliphatic rings. The highest BCUT2D eigenvalue weighted by Crippen LogP contribution is 2.42. The first-order valence-corrected chi connectivity index (χ1v) is 31.1. The van der Waals surface area contributed by atoms with Crippen molar-refractivity contribution in [2.24, 2.45) is 5.92 Å². The molecule has 39 heavy (non-hydrogen) atoms. The molecule has 0 amide bonds. The molecule has 1 saturated heterocycles. The van der Waals surface area contributed by atoms with Crippen LogP contribution in [-0.2, 0) is 25.3 Å². The van der Waals surface area contributed by atoms with Crippen LogP contribution >= 0.6 is 0 Å². The van der Waals surface area contributed by atoms with Crippen molar-refractivity contribution < 1.29 is 25.3 Å². The SMILES string of the molecule is CC(C[Si](C)(O[SiH](C)O[SiH](C)O[Si](C)(CCC1CCC2OC2C1)O[Si](C)(C)C)O[Si](C)(C)C)c1ccccc1. The Balaban J connectivity index is 1.60. The fraction of sp³-hybridized carbons (Fsp3) is 0.778. The Labute approximate surface area is 246 Å². The highest BCUT2D eigenvalue weighted by atomic mass is 28.5. The molecule has 3 rings (SSSR count). The average Bonchev–Trinajstić information content (AvgIpc) is 3.54. The molecule has 2 fully saturated rings. The van der Waals surface area contributed by atoms with E-state index in [0.717, 1.165) is 18.0 Å². The highest BCUT2D eigenvalue weighted by Gasteiger charge is 2.46. The van der Waals surface area contributed by atoms with Gasteiger partial charge in [-0.15, -0.1) is 0 Å². The number of epoxide rings is 1. The summed E-state index contributed by atoms with van der Waals surface area (Å²) in [6.07, 6.45) is 5.98. The van der Waals surface area contributed by atoms with E-state index >= 15 is 0 Å². The van der Waals surface area contributed by atoms with E-state index in [0.29, 0.717) is 18.1 Å². The zero-order chi connectivity index (χ0) is 29.1. The van der Waals surface area contributed by atoms with Gasteiger partial charge in [-0.1, -0.05) is 37.3 Å². The predicted molar refractivity (Wildman–Crippen MR) is 176 cm³/mol. The second-order valence-electron chi connectivity index (χ2n) is 14.2. The molecule has 0 N–H and O–H groups in total. The lowest BCUT2D eigenvalue weighted by molar-refractivity contribution is 0.299. The summed E-state index contributed by atoms with van der Waals surface area (Å²) in [5, 5.41) is 0. The topological polar surface area (TPSA) is 58.7 Å². The van der Waals surface area contributed by atoms with Gasteiger partial charge in [-0.2, -0.15) is 0 Å². The Morgan fingerprint density at radius 2 is 1.38 bits per heavy atom. The van der Waals surface area contributed by atoms with Crippen LogP contribution in [0.25, 0.3) is 0 Å². The first-order valence-electron chi connectivity index (χ1n) is 15.1. The van der Waals surface area contributed by atoms with Crippen LogP contribution in [0.5, 0.6) is 0 Å². The van der Waals surface area contributed by atoms with Crippen LogP contribution in [0.4, 0.5) is 0 Å². The zero-order valence-electron chi connectivity index (χ0n) is 26.5. The lowest BCUT2D eigenvalue weighted by Crippen LogP contribution is -2.53. The summed E-state index contributed by atoms with van der Waals surface area (Å²) in [6.45, 7) is 24.7. The Kier molecular flexibility index (Phi) is 11.9. The lowest BCUT2D eigenvalue weighted by Gasteiger charge is -2.39. The van der Waals surface area contributed by atoms with E-state index in [9.17, 15) is 0 Å². The van der Waals surface area contributed by atoms with Crippen molar-refractivity contribution in [1.29, 1.82) is 0 Å².